The van der Waals surface area contributed by atoms with E-state index in [1.165, 1.54) is 0 Å². The Hall–Kier alpha value is -2.23. The van der Waals surface area contributed by atoms with Gasteiger partial charge in [0.1, 0.15) is 11.9 Å². The SMILES string of the molecule is Cc1nsc(NC(=O)N[C@H](CC(N)=O)C(=O)O)n1. The van der Waals surface area contributed by atoms with Gasteiger partial charge in [-0.1, -0.05) is 0 Å². The molecule has 18 heavy (non-hydrogen) atoms. The van der Waals surface area contributed by atoms with Crippen molar-refractivity contribution in [3.05, 3.63) is 5.82 Å². The molecule has 9 nitrogen and oxygen atoms in total. The van der Waals surface area contributed by atoms with E-state index in [-0.39, 0.29) is 5.13 Å². The van der Waals surface area contributed by atoms with Crippen molar-refractivity contribution < 1.29 is 19.5 Å². The molecule has 98 valence electrons. The van der Waals surface area contributed by atoms with Crippen LogP contribution in [0.3, 0.4) is 0 Å². The van der Waals surface area contributed by atoms with Crippen LogP contribution in [-0.2, 0) is 9.59 Å². The van der Waals surface area contributed by atoms with Gasteiger partial charge < -0.3 is 16.2 Å². The maximum absolute atomic E-state index is 11.4. The predicted molar refractivity (Wildman–Crippen MR) is 62.0 cm³/mol. The van der Waals surface area contributed by atoms with Crippen LogP contribution < -0.4 is 16.4 Å². The average Bonchev–Trinajstić information content (AvgIpc) is 2.62. The second kappa shape index (κ2) is 5.91. The van der Waals surface area contributed by atoms with Gasteiger partial charge in [0.15, 0.2) is 0 Å². The Bertz CT molecular complexity index is 474. The molecular formula is C8H11N5O4S. The van der Waals surface area contributed by atoms with Crippen LogP contribution in [0.5, 0.6) is 0 Å². The highest BCUT2D eigenvalue weighted by molar-refractivity contribution is 7.09. The van der Waals surface area contributed by atoms with Crippen LogP contribution in [-0.4, -0.2) is 38.4 Å². The number of carboxylic acids is 1. The summed E-state index contributed by atoms with van der Waals surface area (Å²) in [5, 5.41) is 13.4. The highest BCUT2D eigenvalue weighted by Crippen LogP contribution is 2.09. The van der Waals surface area contributed by atoms with Crippen molar-refractivity contribution in [3.8, 4) is 0 Å². The lowest BCUT2D eigenvalue weighted by atomic mass is 10.2. The smallest absolute Gasteiger partial charge is 0.326 e. The molecule has 1 atom stereocenters. The molecule has 0 unspecified atom stereocenters. The minimum absolute atomic E-state index is 0.230. The molecule has 0 saturated heterocycles. The summed E-state index contributed by atoms with van der Waals surface area (Å²) in [6.07, 6.45) is -0.488. The molecule has 1 aromatic rings. The summed E-state index contributed by atoms with van der Waals surface area (Å²) in [6.45, 7) is 1.65. The van der Waals surface area contributed by atoms with Crippen LogP contribution in [0, 0.1) is 6.92 Å². The molecule has 10 heteroatoms. The van der Waals surface area contributed by atoms with Gasteiger partial charge in [-0.2, -0.15) is 4.37 Å². The van der Waals surface area contributed by atoms with Crippen molar-refractivity contribution in [1.82, 2.24) is 14.7 Å². The van der Waals surface area contributed by atoms with E-state index < -0.39 is 30.4 Å². The number of urea groups is 1. The quantitative estimate of drug-likeness (QED) is 0.557. The van der Waals surface area contributed by atoms with E-state index in [0.717, 1.165) is 11.5 Å². The number of nitrogens with zero attached hydrogens (tertiary/aromatic N) is 2. The number of hydrogen-bond acceptors (Lipinski definition) is 6. The first-order valence-corrected chi connectivity index (χ1v) is 5.54. The van der Waals surface area contributed by atoms with Crippen LogP contribution in [0.1, 0.15) is 12.2 Å². The number of aryl methyl sites for hydroxylation is 1. The van der Waals surface area contributed by atoms with E-state index in [0.29, 0.717) is 5.82 Å². The molecule has 0 bridgehead atoms. The number of carboxylic acid groups (broad SMARTS) is 1. The van der Waals surface area contributed by atoms with Gasteiger partial charge in [0, 0.05) is 11.5 Å². The highest BCUT2D eigenvalue weighted by Gasteiger charge is 2.22. The largest absolute Gasteiger partial charge is 0.480 e. The zero-order chi connectivity index (χ0) is 13.7. The van der Waals surface area contributed by atoms with Crippen molar-refractivity contribution >= 4 is 34.6 Å². The molecule has 1 aromatic heterocycles. The van der Waals surface area contributed by atoms with E-state index >= 15 is 0 Å². The fourth-order valence-electron chi connectivity index (χ4n) is 1.04. The van der Waals surface area contributed by atoms with Crippen LogP contribution in [0.15, 0.2) is 0 Å². The van der Waals surface area contributed by atoms with E-state index in [9.17, 15) is 14.4 Å². The third-order valence-electron chi connectivity index (χ3n) is 1.76. The summed E-state index contributed by atoms with van der Waals surface area (Å²) in [6, 6.07) is -2.17. The standard InChI is InChI=1S/C8H11N5O4S/c1-3-10-8(18-13-3)12-7(17)11-4(6(15)16)2-5(9)14/h4H,2H2,1H3,(H2,9,14)(H,15,16)(H2,10,11,12,13,17)/t4-/m1/s1. The summed E-state index contributed by atoms with van der Waals surface area (Å²) in [5.74, 6) is -1.69. The molecule has 0 radical (unpaired) electrons. The van der Waals surface area contributed by atoms with Gasteiger partial charge in [-0.3, -0.25) is 10.1 Å². The number of nitrogens with one attached hydrogen (secondary N) is 2. The van der Waals surface area contributed by atoms with Gasteiger partial charge in [0.25, 0.3) is 0 Å². The predicted octanol–water partition coefficient (Wildman–Crippen LogP) is -0.703. The fourth-order valence-corrected chi connectivity index (χ4v) is 1.61. The number of rotatable bonds is 5. The highest BCUT2D eigenvalue weighted by atomic mass is 32.1. The maximum atomic E-state index is 11.4. The summed E-state index contributed by atoms with van der Waals surface area (Å²) in [4.78, 5) is 36.7. The summed E-state index contributed by atoms with van der Waals surface area (Å²) in [7, 11) is 0. The van der Waals surface area contributed by atoms with E-state index in [1.54, 1.807) is 6.92 Å². The molecule has 3 amide bonds. The number of nitrogens with two attached hydrogens (primary N) is 1. The first-order valence-electron chi connectivity index (χ1n) is 4.77. The Morgan fingerprint density at radius 3 is 2.61 bits per heavy atom. The third-order valence-corrected chi connectivity index (χ3v) is 2.48. The second-order valence-electron chi connectivity index (χ2n) is 3.31. The molecule has 1 rings (SSSR count). The number of anilines is 1. The van der Waals surface area contributed by atoms with E-state index in [1.807, 2.05) is 0 Å². The lowest BCUT2D eigenvalue weighted by Crippen LogP contribution is -2.45. The summed E-state index contributed by atoms with van der Waals surface area (Å²) >= 11 is 0.955. The van der Waals surface area contributed by atoms with Crippen molar-refractivity contribution in [2.24, 2.45) is 5.73 Å². The monoisotopic (exact) mass is 273 g/mol. The number of hydrogen-bond donors (Lipinski definition) is 4. The average molecular weight is 273 g/mol. The number of aliphatic carboxylic acids is 1. The fraction of sp³-hybridized carbons (Fsp3) is 0.375. The number of carbonyl (C=O) groups is 3. The van der Waals surface area contributed by atoms with Crippen molar-refractivity contribution in [3.63, 3.8) is 0 Å². The van der Waals surface area contributed by atoms with Crippen molar-refractivity contribution in [2.45, 2.75) is 19.4 Å². The molecule has 0 aliphatic rings. The number of amides is 3. The Morgan fingerprint density at radius 2 is 2.17 bits per heavy atom. The minimum Gasteiger partial charge on any atom is -0.480 e. The number of aromatic nitrogens is 2. The lowest BCUT2D eigenvalue weighted by molar-refractivity contribution is -0.140. The molecule has 0 saturated carbocycles. The Kier molecular flexibility index (Phi) is 4.54. The Labute approximate surface area is 106 Å². The third kappa shape index (κ3) is 4.33. The molecule has 0 fully saturated rings. The van der Waals surface area contributed by atoms with Crippen molar-refractivity contribution in [1.29, 1.82) is 0 Å². The van der Waals surface area contributed by atoms with E-state index in [4.69, 9.17) is 10.8 Å². The molecule has 0 aromatic carbocycles. The topological polar surface area (TPSA) is 147 Å². The number of primary amides is 1. The van der Waals surface area contributed by atoms with Crippen LogP contribution in [0.25, 0.3) is 0 Å². The maximum Gasteiger partial charge on any atom is 0.326 e. The van der Waals surface area contributed by atoms with Gasteiger partial charge in [0.05, 0.1) is 6.42 Å². The zero-order valence-corrected chi connectivity index (χ0v) is 10.2. The minimum atomic E-state index is -1.38. The van der Waals surface area contributed by atoms with Gasteiger partial charge in [-0.15, -0.1) is 0 Å². The van der Waals surface area contributed by atoms with Gasteiger partial charge in [0.2, 0.25) is 11.0 Å². The van der Waals surface area contributed by atoms with E-state index in [2.05, 4.69) is 20.0 Å². The first-order chi connectivity index (χ1) is 8.38. The van der Waals surface area contributed by atoms with Gasteiger partial charge in [-0.25, -0.2) is 14.6 Å². The summed E-state index contributed by atoms with van der Waals surface area (Å²) < 4.78 is 3.83. The Morgan fingerprint density at radius 1 is 1.50 bits per heavy atom. The van der Waals surface area contributed by atoms with Gasteiger partial charge >= 0.3 is 12.0 Å². The Balaban J connectivity index is 2.56. The lowest BCUT2D eigenvalue weighted by Gasteiger charge is -2.12. The zero-order valence-electron chi connectivity index (χ0n) is 9.34. The molecule has 0 aliphatic heterocycles. The van der Waals surface area contributed by atoms with Gasteiger partial charge in [-0.05, 0) is 6.92 Å². The molecule has 5 N–H and O–H groups in total. The first kappa shape index (κ1) is 13.8. The number of carbonyl (C=O) groups excluding carboxylic acids is 2. The van der Waals surface area contributed by atoms with Crippen LogP contribution in [0.4, 0.5) is 9.93 Å². The van der Waals surface area contributed by atoms with Crippen LogP contribution >= 0.6 is 11.5 Å². The molecule has 1 heterocycles. The van der Waals surface area contributed by atoms with Crippen LogP contribution in [0.2, 0.25) is 0 Å². The molecule has 0 aliphatic carbocycles. The van der Waals surface area contributed by atoms with Crippen molar-refractivity contribution in [2.75, 3.05) is 5.32 Å². The molecule has 0 spiro atoms. The molecular weight excluding hydrogens is 262 g/mol. The second-order valence-corrected chi connectivity index (χ2v) is 4.06. The summed E-state index contributed by atoms with van der Waals surface area (Å²) in [5.41, 5.74) is 4.87. The normalized spacial score (nSPS) is 11.6.